The zero-order valence-electron chi connectivity index (χ0n) is 11.7. The third-order valence-corrected chi connectivity index (χ3v) is 3.91. The summed E-state index contributed by atoms with van der Waals surface area (Å²) in [4.78, 5) is 0. The Bertz CT molecular complexity index is 547. The highest BCUT2D eigenvalue weighted by molar-refractivity contribution is 5.33. The van der Waals surface area contributed by atoms with E-state index in [1.807, 2.05) is 6.20 Å². The molecule has 0 radical (unpaired) electrons. The van der Waals surface area contributed by atoms with Crippen molar-refractivity contribution in [1.29, 1.82) is 0 Å². The number of nitrogens with zero attached hydrogens (tertiary/aromatic N) is 2. The molecule has 1 N–H and O–H groups in total. The molecule has 0 unspecified atom stereocenters. The van der Waals surface area contributed by atoms with E-state index < -0.39 is 0 Å². The van der Waals surface area contributed by atoms with Crippen molar-refractivity contribution in [2.75, 3.05) is 0 Å². The quantitative estimate of drug-likeness (QED) is 0.890. The fourth-order valence-electron chi connectivity index (χ4n) is 2.44. The second-order valence-electron chi connectivity index (χ2n) is 5.51. The van der Waals surface area contributed by atoms with Gasteiger partial charge in [-0.05, 0) is 49.4 Å². The molecule has 3 nitrogen and oxygen atoms in total. The minimum atomic E-state index is 0.739. The minimum Gasteiger partial charge on any atom is -0.308 e. The Balaban J connectivity index is 1.77. The van der Waals surface area contributed by atoms with Gasteiger partial charge in [-0.3, -0.25) is 4.68 Å². The smallest absolute Gasteiger partial charge is 0.0668 e. The van der Waals surface area contributed by atoms with Crippen LogP contribution in [-0.2, 0) is 13.1 Å². The number of benzene rings is 1. The molecular weight excluding hydrogens is 234 g/mol. The summed E-state index contributed by atoms with van der Waals surface area (Å²) < 4.78 is 2.12. The van der Waals surface area contributed by atoms with Gasteiger partial charge in [0.15, 0.2) is 0 Å². The second kappa shape index (κ2) is 5.17. The van der Waals surface area contributed by atoms with E-state index >= 15 is 0 Å². The highest BCUT2D eigenvalue weighted by Crippen LogP contribution is 2.20. The predicted octanol–water partition coefficient (Wildman–Crippen LogP) is 2.80. The van der Waals surface area contributed by atoms with Gasteiger partial charge in [-0.15, -0.1) is 0 Å². The summed E-state index contributed by atoms with van der Waals surface area (Å²) in [6, 6.07) is 9.32. The topological polar surface area (TPSA) is 29.9 Å². The number of hydrogen-bond donors (Lipinski definition) is 1. The number of aromatic nitrogens is 2. The Labute approximate surface area is 114 Å². The summed E-state index contributed by atoms with van der Waals surface area (Å²) in [5.74, 6) is 0. The van der Waals surface area contributed by atoms with Crippen LogP contribution in [0.1, 0.15) is 35.2 Å². The molecule has 3 rings (SSSR count). The maximum atomic E-state index is 4.47. The van der Waals surface area contributed by atoms with Gasteiger partial charge < -0.3 is 5.32 Å². The molecule has 0 spiro atoms. The Morgan fingerprint density at radius 3 is 2.63 bits per heavy atom. The van der Waals surface area contributed by atoms with Gasteiger partial charge in [0, 0.05) is 18.8 Å². The molecule has 1 heterocycles. The zero-order valence-corrected chi connectivity index (χ0v) is 11.7. The van der Waals surface area contributed by atoms with Gasteiger partial charge in [0.2, 0.25) is 0 Å². The van der Waals surface area contributed by atoms with Crippen molar-refractivity contribution in [3.05, 3.63) is 52.8 Å². The summed E-state index contributed by atoms with van der Waals surface area (Å²) in [5.41, 5.74) is 5.35. The van der Waals surface area contributed by atoms with Crippen LogP contribution in [0.3, 0.4) is 0 Å². The van der Waals surface area contributed by atoms with Crippen LogP contribution in [0.4, 0.5) is 0 Å². The number of aryl methyl sites for hydroxylation is 2. The lowest BCUT2D eigenvalue weighted by Crippen LogP contribution is -2.19. The largest absolute Gasteiger partial charge is 0.308 e. The summed E-state index contributed by atoms with van der Waals surface area (Å²) in [5, 5.41) is 8.02. The molecule has 1 fully saturated rings. The van der Waals surface area contributed by atoms with E-state index in [4.69, 9.17) is 0 Å². The van der Waals surface area contributed by atoms with Crippen molar-refractivity contribution in [1.82, 2.24) is 15.1 Å². The summed E-state index contributed by atoms with van der Waals surface area (Å²) in [7, 11) is 0. The fourth-order valence-corrected chi connectivity index (χ4v) is 2.44. The normalized spacial score (nSPS) is 14.8. The fraction of sp³-hybridized carbons (Fsp3) is 0.438. The highest BCUT2D eigenvalue weighted by Gasteiger charge is 2.20. The summed E-state index contributed by atoms with van der Waals surface area (Å²) >= 11 is 0. The lowest BCUT2D eigenvalue weighted by molar-refractivity contribution is 0.591. The number of rotatable bonds is 5. The predicted molar refractivity (Wildman–Crippen MR) is 77.1 cm³/mol. The maximum Gasteiger partial charge on any atom is 0.0668 e. The lowest BCUT2D eigenvalue weighted by atomic mass is 10.0. The van der Waals surface area contributed by atoms with E-state index in [1.165, 1.54) is 35.2 Å². The molecular formula is C16H21N3. The van der Waals surface area contributed by atoms with E-state index in [0.29, 0.717) is 0 Å². The molecule has 0 amide bonds. The molecule has 3 heteroatoms. The van der Waals surface area contributed by atoms with Crippen molar-refractivity contribution in [3.8, 4) is 0 Å². The van der Waals surface area contributed by atoms with Crippen LogP contribution in [0.2, 0.25) is 0 Å². The lowest BCUT2D eigenvalue weighted by Gasteiger charge is -2.12. The van der Waals surface area contributed by atoms with E-state index in [1.54, 1.807) is 0 Å². The highest BCUT2D eigenvalue weighted by atomic mass is 15.3. The second-order valence-corrected chi connectivity index (χ2v) is 5.51. The van der Waals surface area contributed by atoms with Gasteiger partial charge in [0.05, 0.1) is 12.2 Å². The molecule has 1 saturated carbocycles. The van der Waals surface area contributed by atoms with E-state index in [-0.39, 0.29) is 0 Å². The molecule has 1 aliphatic rings. The molecule has 1 aromatic heterocycles. The monoisotopic (exact) mass is 255 g/mol. The minimum absolute atomic E-state index is 0.739. The average Bonchev–Trinajstić information content (AvgIpc) is 3.11. The third kappa shape index (κ3) is 2.87. The molecule has 100 valence electrons. The molecule has 19 heavy (non-hydrogen) atoms. The molecule has 1 aliphatic carbocycles. The average molecular weight is 255 g/mol. The van der Waals surface area contributed by atoms with Gasteiger partial charge in [-0.25, -0.2) is 0 Å². The molecule has 0 aliphatic heterocycles. The van der Waals surface area contributed by atoms with Crippen LogP contribution >= 0.6 is 0 Å². The van der Waals surface area contributed by atoms with Crippen molar-refractivity contribution in [3.63, 3.8) is 0 Å². The molecule has 0 atom stereocenters. The first-order valence-electron chi connectivity index (χ1n) is 7.03. The van der Waals surface area contributed by atoms with E-state index in [2.05, 4.69) is 53.2 Å². The molecule has 0 bridgehead atoms. The van der Waals surface area contributed by atoms with Crippen LogP contribution in [0, 0.1) is 13.8 Å². The van der Waals surface area contributed by atoms with Crippen LogP contribution in [0.25, 0.3) is 0 Å². The van der Waals surface area contributed by atoms with Gasteiger partial charge in [-0.2, -0.15) is 5.10 Å². The van der Waals surface area contributed by atoms with Gasteiger partial charge in [-0.1, -0.05) is 18.2 Å². The summed E-state index contributed by atoms with van der Waals surface area (Å²) in [6.45, 7) is 6.14. The standard InChI is InChI=1S/C16H21N3/c1-12-4-3-5-13(2)16(12)11-19-15(8-9-18-19)10-17-14-6-7-14/h3-5,8-9,14,17H,6-7,10-11H2,1-2H3. The van der Waals surface area contributed by atoms with Gasteiger partial charge in [0.25, 0.3) is 0 Å². The molecule has 2 aromatic rings. The molecule has 0 saturated heterocycles. The van der Waals surface area contributed by atoms with E-state index in [0.717, 1.165) is 19.1 Å². The zero-order chi connectivity index (χ0) is 13.2. The first-order valence-corrected chi connectivity index (χ1v) is 7.03. The van der Waals surface area contributed by atoms with Crippen molar-refractivity contribution in [2.45, 2.75) is 45.8 Å². The first-order chi connectivity index (χ1) is 9.24. The Kier molecular flexibility index (Phi) is 3.38. The SMILES string of the molecule is Cc1cccc(C)c1Cn1nccc1CNC1CC1. The first kappa shape index (κ1) is 12.4. The van der Waals surface area contributed by atoms with Crippen LogP contribution in [0.5, 0.6) is 0 Å². The van der Waals surface area contributed by atoms with Crippen LogP contribution < -0.4 is 5.32 Å². The molecule has 1 aromatic carbocycles. The van der Waals surface area contributed by atoms with Crippen molar-refractivity contribution in [2.24, 2.45) is 0 Å². The van der Waals surface area contributed by atoms with Crippen molar-refractivity contribution >= 4 is 0 Å². The maximum absolute atomic E-state index is 4.47. The third-order valence-electron chi connectivity index (χ3n) is 3.91. The van der Waals surface area contributed by atoms with Gasteiger partial charge in [0.1, 0.15) is 0 Å². The summed E-state index contributed by atoms with van der Waals surface area (Å²) in [6.07, 6.45) is 4.55. The van der Waals surface area contributed by atoms with Crippen LogP contribution in [-0.4, -0.2) is 15.8 Å². The Morgan fingerprint density at radius 1 is 1.21 bits per heavy atom. The number of nitrogens with one attached hydrogen (secondary N) is 1. The Hall–Kier alpha value is -1.61. The Morgan fingerprint density at radius 2 is 1.95 bits per heavy atom. The van der Waals surface area contributed by atoms with Gasteiger partial charge >= 0.3 is 0 Å². The van der Waals surface area contributed by atoms with E-state index in [9.17, 15) is 0 Å². The number of hydrogen-bond acceptors (Lipinski definition) is 2. The van der Waals surface area contributed by atoms with Crippen LogP contribution in [0.15, 0.2) is 30.5 Å². The van der Waals surface area contributed by atoms with Crippen molar-refractivity contribution < 1.29 is 0 Å².